The van der Waals surface area contributed by atoms with E-state index in [-0.39, 0.29) is 17.6 Å². The van der Waals surface area contributed by atoms with Gasteiger partial charge in [0.15, 0.2) is 11.4 Å². The number of likely N-dealkylation sites (N-methyl/N-ethyl adjacent to an activating group) is 1. The Bertz CT molecular complexity index is 1060. The number of carbonyl (C=O) groups excluding carboxylic acids is 2. The second-order valence-corrected chi connectivity index (χ2v) is 12.0. The first kappa shape index (κ1) is 27.3. The van der Waals surface area contributed by atoms with Gasteiger partial charge in [0.25, 0.3) is 0 Å². The molecule has 0 radical (unpaired) electrons. The van der Waals surface area contributed by atoms with E-state index in [9.17, 15) is 9.59 Å². The number of esters is 1. The maximum absolute atomic E-state index is 13.5. The molecule has 1 aliphatic heterocycles. The van der Waals surface area contributed by atoms with Crippen molar-refractivity contribution in [2.24, 2.45) is 5.92 Å². The fraction of sp³-hybridized carbons (Fsp3) is 0.517. The first-order chi connectivity index (χ1) is 16.2. The van der Waals surface area contributed by atoms with Gasteiger partial charge in [-0.25, -0.2) is 4.79 Å². The van der Waals surface area contributed by atoms with E-state index >= 15 is 0 Å². The minimum atomic E-state index is -1.13. The molecule has 1 fully saturated rings. The maximum Gasteiger partial charge on any atom is 0.350 e. The molecule has 190 valence electrons. The summed E-state index contributed by atoms with van der Waals surface area (Å²) in [4.78, 5) is 29.6. The molecule has 2 aromatic rings. The van der Waals surface area contributed by atoms with Crippen molar-refractivity contribution in [1.29, 1.82) is 0 Å². The monoisotopic (exact) mass is 497 g/mol. The van der Waals surface area contributed by atoms with Gasteiger partial charge >= 0.3 is 5.97 Å². The molecule has 5 nitrogen and oxygen atoms in total. The fourth-order valence-electron chi connectivity index (χ4n) is 4.63. The highest BCUT2D eigenvalue weighted by atomic mass is 32.2. The van der Waals surface area contributed by atoms with Crippen molar-refractivity contribution in [3.63, 3.8) is 0 Å². The normalized spacial score (nSPS) is 19.0. The first-order valence-electron chi connectivity index (χ1n) is 12.1. The second kappa shape index (κ2) is 10.4. The zero-order chi connectivity index (χ0) is 26.1. The summed E-state index contributed by atoms with van der Waals surface area (Å²) in [5.74, 6) is 0.463. The van der Waals surface area contributed by atoms with E-state index in [1.165, 1.54) is 0 Å². The third-order valence-corrected chi connectivity index (χ3v) is 7.12. The number of thioether (sulfide) groups is 1. The highest BCUT2D eigenvalue weighted by molar-refractivity contribution is 7.98. The summed E-state index contributed by atoms with van der Waals surface area (Å²) < 4.78 is 11.8. The van der Waals surface area contributed by atoms with Gasteiger partial charge in [0, 0.05) is 35.4 Å². The van der Waals surface area contributed by atoms with Gasteiger partial charge < -0.3 is 14.4 Å². The van der Waals surface area contributed by atoms with E-state index in [0.717, 1.165) is 40.2 Å². The van der Waals surface area contributed by atoms with E-state index in [4.69, 9.17) is 9.47 Å². The number of ether oxygens (including phenoxy) is 2. The maximum atomic E-state index is 13.5. The van der Waals surface area contributed by atoms with Crippen LogP contribution in [0.15, 0.2) is 41.3 Å². The molecule has 3 rings (SSSR count). The van der Waals surface area contributed by atoms with Crippen molar-refractivity contribution in [1.82, 2.24) is 4.90 Å². The molecule has 0 bridgehead atoms. The smallest absolute Gasteiger partial charge is 0.350 e. The van der Waals surface area contributed by atoms with Crippen molar-refractivity contribution < 1.29 is 19.1 Å². The standard InChI is InChI=1S/C29H39NO4S/c1-18-14-21(15-19(2)26(18)33-29(6,7)27(32)34-28(3,4)5)23-16-30(8)17-24(23)25(31)20-10-12-22(35-9)13-11-20/h10-15,23-24H,16-17H2,1-9H3. The number of hydrogen-bond acceptors (Lipinski definition) is 6. The molecule has 0 spiro atoms. The van der Waals surface area contributed by atoms with Crippen LogP contribution in [0.3, 0.4) is 0 Å². The lowest BCUT2D eigenvalue weighted by molar-refractivity contribution is -0.171. The zero-order valence-corrected chi connectivity index (χ0v) is 23.3. The number of aryl methyl sites for hydroxylation is 2. The van der Waals surface area contributed by atoms with Gasteiger partial charge in [-0.15, -0.1) is 11.8 Å². The van der Waals surface area contributed by atoms with Gasteiger partial charge in [-0.05, 0) is 90.6 Å². The zero-order valence-electron chi connectivity index (χ0n) is 22.5. The fourth-order valence-corrected chi connectivity index (χ4v) is 5.04. The van der Waals surface area contributed by atoms with Crippen molar-refractivity contribution in [2.45, 2.75) is 70.5 Å². The number of likely N-dealkylation sites (tertiary alicyclic amines) is 1. The van der Waals surface area contributed by atoms with E-state index < -0.39 is 17.2 Å². The summed E-state index contributed by atoms with van der Waals surface area (Å²) in [5, 5.41) is 0. The van der Waals surface area contributed by atoms with Crippen molar-refractivity contribution >= 4 is 23.5 Å². The minimum Gasteiger partial charge on any atom is -0.476 e. The Balaban J connectivity index is 1.86. The molecule has 6 heteroatoms. The van der Waals surface area contributed by atoms with Gasteiger partial charge in [0.05, 0.1) is 0 Å². The molecule has 1 saturated heterocycles. The number of nitrogens with zero attached hydrogens (tertiary/aromatic N) is 1. The quantitative estimate of drug-likeness (QED) is 0.264. The van der Waals surface area contributed by atoms with Crippen LogP contribution in [0.1, 0.15) is 67.6 Å². The molecule has 2 atom stereocenters. The number of rotatable bonds is 7. The lowest BCUT2D eigenvalue weighted by atomic mass is 9.82. The molecule has 2 aromatic carbocycles. The molecule has 35 heavy (non-hydrogen) atoms. The molecule has 0 aromatic heterocycles. The number of ketones is 1. The molecule has 1 heterocycles. The molecular weight excluding hydrogens is 458 g/mol. The van der Waals surface area contributed by atoms with Crippen LogP contribution in [-0.4, -0.2) is 54.2 Å². The van der Waals surface area contributed by atoms with Crippen LogP contribution in [0.25, 0.3) is 0 Å². The van der Waals surface area contributed by atoms with Gasteiger partial charge in [-0.1, -0.05) is 24.3 Å². The Labute approximate surface area is 214 Å². The third kappa shape index (κ3) is 6.47. The number of Topliss-reactive ketones (excluding diaryl/α,β-unsaturated/α-hetero) is 1. The average molecular weight is 498 g/mol. The van der Waals surface area contributed by atoms with Crippen LogP contribution in [0.2, 0.25) is 0 Å². The van der Waals surface area contributed by atoms with Gasteiger partial charge in [-0.2, -0.15) is 0 Å². The van der Waals surface area contributed by atoms with Gasteiger partial charge in [-0.3, -0.25) is 4.79 Å². The van der Waals surface area contributed by atoms with Crippen LogP contribution in [0.4, 0.5) is 0 Å². The van der Waals surface area contributed by atoms with E-state index in [2.05, 4.69) is 24.1 Å². The molecule has 0 saturated carbocycles. The Hall–Kier alpha value is -2.31. The average Bonchev–Trinajstić information content (AvgIpc) is 3.16. The Morgan fingerprint density at radius 3 is 2.06 bits per heavy atom. The summed E-state index contributed by atoms with van der Waals surface area (Å²) in [6.45, 7) is 14.5. The number of hydrogen-bond donors (Lipinski definition) is 0. The summed E-state index contributed by atoms with van der Waals surface area (Å²) in [7, 11) is 2.07. The molecule has 2 unspecified atom stereocenters. The number of carbonyl (C=O) groups is 2. The molecule has 0 N–H and O–H groups in total. The second-order valence-electron chi connectivity index (χ2n) is 11.1. The molecular formula is C29H39NO4S. The van der Waals surface area contributed by atoms with Crippen LogP contribution in [0.5, 0.6) is 5.75 Å². The van der Waals surface area contributed by atoms with Crippen molar-refractivity contribution in [3.05, 3.63) is 58.7 Å². The van der Waals surface area contributed by atoms with E-state index in [1.54, 1.807) is 25.6 Å². The SMILES string of the molecule is CSc1ccc(C(=O)C2CN(C)CC2c2cc(C)c(OC(C)(C)C(=O)OC(C)(C)C)c(C)c2)cc1. The van der Waals surface area contributed by atoms with Crippen LogP contribution < -0.4 is 4.74 Å². The topological polar surface area (TPSA) is 55.8 Å². The van der Waals surface area contributed by atoms with Gasteiger partial charge in [0.2, 0.25) is 0 Å². The largest absolute Gasteiger partial charge is 0.476 e. The lowest BCUT2D eigenvalue weighted by Crippen LogP contribution is -2.43. The molecule has 0 amide bonds. The van der Waals surface area contributed by atoms with Crippen LogP contribution in [-0.2, 0) is 9.53 Å². The third-order valence-electron chi connectivity index (χ3n) is 6.37. The predicted molar refractivity (Wildman–Crippen MR) is 143 cm³/mol. The van der Waals surface area contributed by atoms with E-state index in [0.29, 0.717) is 5.75 Å². The van der Waals surface area contributed by atoms with Crippen LogP contribution in [0, 0.1) is 19.8 Å². The van der Waals surface area contributed by atoms with E-state index in [1.807, 2.05) is 65.1 Å². The predicted octanol–water partition coefficient (Wildman–Crippen LogP) is 6.05. The Morgan fingerprint density at radius 1 is 0.971 bits per heavy atom. The summed E-state index contributed by atoms with van der Waals surface area (Å²) in [5.41, 5.74) is 2.08. The summed E-state index contributed by atoms with van der Waals surface area (Å²) in [6, 6.07) is 12.1. The van der Waals surface area contributed by atoms with Gasteiger partial charge in [0.1, 0.15) is 11.4 Å². The summed E-state index contributed by atoms with van der Waals surface area (Å²) >= 11 is 1.67. The van der Waals surface area contributed by atoms with Crippen molar-refractivity contribution in [2.75, 3.05) is 26.4 Å². The van der Waals surface area contributed by atoms with Crippen LogP contribution >= 0.6 is 11.8 Å². The number of benzene rings is 2. The van der Waals surface area contributed by atoms with Crippen molar-refractivity contribution in [3.8, 4) is 5.75 Å². The Kier molecular flexibility index (Phi) is 8.07. The molecule has 1 aliphatic rings. The highest BCUT2D eigenvalue weighted by Gasteiger charge is 2.39. The highest BCUT2D eigenvalue weighted by Crippen LogP contribution is 2.38. The Morgan fingerprint density at radius 2 is 1.54 bits per heavy atom. The minimum absolute atomic E-state index is 0.0954. The lowest BCUT2D eigenvalue weighted by Gasteiger charge is -2.30. The first-order valence-corrected chi connectivity index (χ1v) is 13.3. The summed E-state index contributed by atoms with van der Waals surface area (Å²) in [6.07, 6.45) is 2.03. The molecule has 0 aliphatic carbocycles.